The molecule has 0 aliphatic heterocycles. The summed E-state index contributed by atoms with van der Waals surface area (Å²) < 4.78 is 28.1. The van der Waals surface area contributed by atoms with E-state index in [0.29, 0.717) is 5.56 Å². The molecule has 4 heterocycles. The number of aromatic nitrogens is 4. The van der Waals surface area contributed by atoms with Gasteiger partial charge < -0.3 is 0 Å². The summed E-state index contributed by atoms with van der Waals surface area (Å²) in [7, 11) is -3.83. The Morgan fingerprint density at radius 3 is 2.38 bits per heavy atom. The molecule has 0 radical (unpaired) electrons. The molecule has 4 aromatic heterocycles. The van der Waals surface area contributed by atoms with Crippen molar-refractivity contribution >= 4 is 26.7 Å². The predicted molar refractivity (Wildman–Crippen MR) is 123 cm³/mol. The number of hydrogen-bond acceptors (Lipinski definition) is 6. The molecule has 0 unspecified atom stereocenters. The van der Waals surface area contributed by atoms with E-state index in [-0.39, 0.29) is 10.7 Å². The number of fused-ring (bicyclic) bond motifs is 1. The molecular weight excluding hydrogens is 422 g/mol. The van der Waals surface area contributed by atoms with Crippen molar-refractivity contribution in [3.05, 3.63) is 97.8 Å². The fraction of sp³-hybridized carbons (Fsp3) is 0. The van der Waals surface area contributed by atoms with E-state index < -0.39 is 10.0 Å². The van der Waals surface area contributed by atoms with Gasteiger partial charge in [0, 0.05) is 48.1 Å². The van der Waals surface area contributed by atoms with E-state index >= 15 is 0 Å². The zero-order valence-electron chi connectivity index (χ0n) is 16.8. The van der Waals surface area contributed by atoms with Crippen molar-refractivity contribution in [1.82, 2.24) is 19.9 Å². The van der Waals surface area contributed by atoms with Crippen molar-refractivity contribution in [3.8, 4) is 22.3 Å². The van der Waals surface area contributed by atoms with Crippen LogP contribution < -0.4 is 4.72 Å². The number of nitrogens with zero attached hydrogens (tertiary/aromatic N) is 4. The summed E-state index contributed by atoms with van der Waals surface area (Å²) in [6, 6.07) is 18.3. The second kappa shape index (κ2) is 8.16. The summed E-state index contributed by atoms with van der Waals surface area (Å²) in [6.07, 6.45) is 9.76. The minimum absolute atomic E-state index is 0.0568. The fourth-order valence-corrected chi connectivity index (χ4v) is 4.45. The third kappa shape index (κ3) is 3.91. The molecule has 0 bridgehead atoms. The highest BCUT2D eigenvalue weighted by atomic mass is 32.2. The highest BCUT2D eigenvalue weighted by Gasteiger charge is 2.17. The zero-order chi connectivity index (χ0) is 22.0. The van der Waals surface area contributed by atoms with E-state index in [9.17, 15) is 8.42 Å². The van der Waals surface area contributed by atoms with Gasteiger partial charge in [0.05, 0.1) is 5.52 Å². The molecule has 156 valence electrons. The molecule has 0 saturated heterocycles. The van der Waals surface area contributed by atoms with Crippen molar-refractivity contribution in [1.29, 1.82) is 0 Å². The molecule has 32 heavy (non-hydrogen) atoms. The number of sulfonamides is 1. The monoisotopic (exact) mass is 439 g/mol. The molecule has 0 aliphatic carbocycles. The van der Waals surface area contributed by atoms with E-state index in [1.165, 1.54) is 12.4 Å². The maximum Gasteiger partial charge on any atom is 0.264 e. The van der Waals surface area contributed by atoms with Gasteiger partial charge in [-0.2, -0.15) is 0 Å². The summed E-state index contributed by atoms with van der Waals surface area (Å²) in [5, 5.41) is 0.955. The SMILES string of the molecule is O=S(=O)(Nc1ccccn1)c1cncc(-c2ccc3nccc(-c4ccncc4)c3c2)c1. The van der Waals surface area contributed by atoms with Crippen LogP contribution in [0.4, 0.5) is 5.82 Å². The first-order valence-corrected chi connectivity index (χ1v) is 11.3. The van der Waals surface area contributed by atoms with Crippen LogP contribution in [0.1, 0.15) is 0 Å². The number of rotatable bonds is 5. The molecule has 0 spiro atoms. The first kappa shape index (κ1) is 19.8. The number of pyridine rings is 4. The minimum Gasteiger partial charge on any atom is -0.265 e. The predicted octanol–water partition coefficient (Wildman–Crippen LogP) is 4.55. The lowest BCUT2D eigenvalue weighted by molar-refractivity contribution is 0.600. The Labute approximate surface area is 184 Å². The van der Waals surface area contributed by atoms with Gasteiger partial charge in [-0.15, -0.1) is 0 Å². The largest absolute Gasteiger partial charge is 0.265 e. The van der Waals surface area contributed by atoms with E-state index in [4.69, 9.17) is 0 Å². The normalized spacial score (nSPS) is 11.4. The van der Waals surface area contributed by atoms with Gasteiger partial charge in [-0.05, 0) is 65.2 Å². The molecule has 1 N–H and O–H groups in total. The van der Waals surface area contributed by atoms with Gasteiger partial charge in [0.15, 0.2) is 0 Å². The Bertz CT molecular complexity index is 1510. The maximum atomic E-state index is 12.8. The van der Waals surface area contributed by atoms with Gasteiger partial charge >= 0.3 is 0 Å². The standard InChI is InChI=1S/C24H17N5O2S/c30-32(31,29-24-3-1-2-9-28-24)20-13-19(15-26-16-20)18-4-5-23-22(14-18)21(8-12-27-23)17-6-10-25-11-7-17/h1-16H,(H,28,29). The molecule has 0 saturated carbocycles. The highest BCUT2D eigenvalue weighted by molar-refractivity contribution is 7.92. The second-order valence-corrected chi connectivity index (χ2v) is 8.74. The van der Waals surface area contributed by atoms with Crippen LogP contribution in [0.5, 0.6) is 0 Å². The van der Waals surface area contributed by atoms with E-state index in [1.54, 1.807) is 49.1 Å². The molecule has 0 aliphatic rings. The highest BCUT2D eigenvalue weighted by Crippen LogP contribution is 2.31. The molecule has 8 heteroatoms. The molecule has 0 amide bonds. The lowest BCUT2D eigenvalue weighted by Crippen LogP contribution is -2.14. The molecule has 1 aromatic carbocycles. The number of anilines is 1. The van der Waals surface area contributed by atoms with Crippen molar-refractivity contribution in [2.75, 3.05) is 4.72 Å². The van der Waals surface area contributed by atoms with Crippen LogP contribution in [0.15, 0.2) is 103 Å². The summed E-state index contributed by atoms with van der Waals surface area (Å²) >= 11 is 0. The summed E-state index contributed by atoms with van der Waals surface area (Å²) in [5.41, 5.74) is 4.41. The Kier molecular flexibility index (Phi) is 5.04. The van der Waals surface area contributed by atoms with Gasteiger partial charge in [-0.25, -0.2) is 13.4 Å². The first-order valence-electron chi connectivity index (χ1n) is 9.79. The smallest absolute Gasteiger partial charge is 0.264 e. The Morgan fingerprint density at radius 1 is 0.688 bits per heavy atom. The van der Waals surface area contributed by atoms with Gasteiger partial charge in [0.2, 0.25) is 0 Å². The Hall–Kier alpha value is -4.17. The van der Waals surface area contributed by atoms with Crippen LogP contribution in [0.2, 0.25) is 0 Å². The van der Waals surface area contributed by atoms with Crippen molar-refractivity contribution < 1.29 is 8.42 Å². The number of benzene rings is 1. The summed E-state index contributed by atoms with van der Waals surface area (Å²) in [6.45, 7) is 0. The first-order chi connectivity index (χ1) is 15.6. The molecule has 0 atom stereocenters. The molecule has 5 aromatic rings. The lowest BCUT2D eigenvalue weighted by atomic mass is 9.98. The quantitative estimate of drug-likeness (QED) is 0.431. The van der Waals surface area contributed by atoms with Crippen LogP contribution in [0.3, 0.4) is 0 Å². The molecule has 7 nitrogen and oxygen atoms in total. The second-order valence-electron chi connectivity index (χ2n) is 7.06. The Morgan fingerprint density at radius 2 is 1.56 bits per heavy atom. The van der Waals surface area contributed by atoms with Crippen molar-refractivity contribution in [2.45, 2.75) is 4.90 Å². The number of nitrogens with one attached hydrogen (secondary N) is 1. The van der Waals surface area contributed by atoms with Crippen LogP contribution in [-0.2, 0) is 10.0 Å². The van der Waals surface area contributed by atoms with Crippen molar-refractivity contribution in [3.63, 3.8) is 0 Å². The molecule has 5 rings (SSSR count). The minimum atomic E-state index is -3.83. The van der Waals surface area contributed by atoms with Crippen LogP contribution in [-0.4, -0.2) is 28.4 Å². The van der Waals surface area contributed by atoms with Crippen LogP contribution in [0, 0.1) is 0 Å². The van der Waals surface area contributed by atoms with E-state index in [0.717, 1.165) is 27.6 Å². The van der Waals surface area contributed by atoms with Crippen LogP contribution >= 0.6 is 0 Å². The van der Waals surface area contributed by atoms with Gasteiger partial charge in [0.1, 0.15) is 10.7 Å². The average molecular weight is 440 g/mol. The van der Waals surface area contributed by atoms with Crippen LogP contribution in [0.25, 0.3) is 33.2 Å². The summed E-state index contributed by atoms with van der Waals surface area (Å²) in [4.78, 5) is 16.8. The Balaban J connectivity index is 1.56. The number of hydrogen-bond donors (Lipinski definition) is 1. The van der Waals surface area contributed by atoms with E-state index in [2.05, 4.69) is 24.7 Å². The van der Waals surface area contributed by atoms with Crippen molar-refractivity contribution in [2.24, 2.45) is 0 Å². The molecular formula is C24H17N5O2S. The topological polar surface area (TPSA) is 97.7 Å². The van der Waals surface area contributed by atoms with Gasteiger partial charge in [-0.3, -0.25) is 19.7 Å². The van der Waals surface area contributed by atoms with E-state index in [1.807, 2.05) is 36.4 Å². The molecule has 0 fully saturated rings. The third-order valence-corrected chi connectivity index (χ3v) is 6.32. The summed E-state index contributed by atoms with van der Waals surface area (Å²) in [5.74, 6) is 0.247. The van der Waals surface area contributed by atoms with Gasteiger partial charge in [-0.1, -0.05) is 12.1 Å². The fourth-order valence-electron chi connectivity index (χ4n) is 3.45. The third-order valence-electron chi connectivity index (χ3n) is 4.99. The zero-order valence-corrected chi connectivity index (χ0v) is 17.6. The van der Waals surface area contributed by atoms with Gasteiger partial charge in [0.25, 0.3) is 10.0 Å². The average Bonchev–Trinajstić information content (AvgIpc) is 2.84. The maximum absolute atomic E-state index is 12.8. The lowest BCUT2D eigenvalue weighted by Gasteiger charge is -2.10.